The maximum absolute atomic E-state index is 4.65. The Bertz CT molecular complexity index is 819. The second-order valence-corrected chi connectivity index (χ2v) is 6.82. The molecule has 0 saturated heterocycles. The van der Waals surface area contributed by atoms with Crippen LogP contribution in [0.1, 0.15) is 35.6 Å². The summed E-state index contributed by atoms with van der Waals surface area (Å²) in [5, 5.41) is 11.0. The number of fused-ring (bicyclic) bond motifs is 2. The Hall–Kier alpha value is -1.95. The molecule has 0 aromatic carbocycles. The van der Waals surface area contributed by atoms with E-state index in [0.29, 0.717) is 0 Å². The van der Waals surface area contributed by atoms with Gasteiger partial charge in [-0.3, -0.25) is 5.10 Å². The third-order valence-electron chi connectivity index (χ3n) is 4.31. The average Bonchev–Trinajstić information content (AvgIpc) is 3.13. The molecule has 6 heteroatoms. The van der Waals surface area contributed by atoms with Crippen molar-refractivity contribution in [3.05, 3.63) is 34.2 Å². The highest BCUT2D eigenvalue weighted by Gasteiger charge is 2.19. The molecule has 114 valence electrons. The molecule has 1 N–H and O–H groups in total. The van der Waals surface area contributed by atoms with E-state index in [4.69, 9.17) is 0 Å². The van der Waals surface area contributed by atoms with Crippen molar-refractivity contribution in [3.8, 4) is 0 Å². The first kappa shape index (κ1) is 13.7. The third kappa shape index (κ3) is 2.27. The lowest BCUT2D eigenvalue weighted by Gasteiger charge is -2.20. The molecule has 0 bridgehead atoms. The van der Waals surface area contributed by atoms with Gasteiger partial charge in [0.2, 0.25) is 0 Å². The summed E-state index contributed by atoms with van der Waals surface area (Å²) in [4.78, 5) is 12.4. The van der Waals surface area contributed by atoms with Crippen molar-refractivity contribution in [2.75, 3.05) is 11.9 Å². The molecule has 0 atom stereocenters. The van der Waals surface area contributed by atoms with Gasteiger partial charge in [0.15, 0.2) is 0 Å². The van der Waals surface area contributed by atoms with Gasteiger partial charge in [0.05, 0.1) is 17.6 Å². The van der Waals surface area contributed by atoms with E-state index in [0.717, 1.165) is 46.9 Å². The Balaban J connectivity index is 1.68. The fraction of sp³-hybridized carbons (Fsp3) is 0.438. The van der Waals surface area contributed by atoms with E-state index in [9.17, 15) is 0 Å². The lowest BCUT2D eigenvalue weighted by molar-refractivity contribution is 0.671. The van der Waals surface area contributed by atoms with Gasteiger partial charge in [-0.15, -0.1) is 11.3 Å². The van der Waals surface area contributed by atoms with E-state index in [2.05, 4.69) is 43.6 Å². The van der Waals surface area contributed by atoms with Gasteiger partial charge >= 0.3 is 0 Å². The topological polar surface area (TPSA) is 57.7 Å². The van der Waals surface area contributed by atoms with Crippen molar-refractivity contribution in [1.29, 1.82) is 0 Å². The van der Waals surface area contributed by atoms with Gasteiger partial charge in [0, 0.05) is 12.7 Å². The summed E-state index contributed by atoms with van der Waals surface area (Å²) in [6.45, 7) is 2.74. The highest BCUT2D eigenvalue weighted by Crippen LogP contribution is 2.29. The fourth-order valence-electron chi connectivity index (χ4n) is 3.21. The van der Waals surface area contributed by atoms with Crippen LogP contribution in [0.25, 0.3) is 10.2 Å². The summed E-state index contributed by atoms with van der Waals surface area (Å²) in [6.07, 6.45) is 4.81. The first-order chi connectivity index (χ1) is 10.7. The number of aromatic amines is 1. The number of aromatic nitrogens is 4. The molecule has 0 aliphatic heterocycles. The minimum Gasteiger partial charge on any atom is -0.353 e. The SMILES string of the molecule is Cc1nc(N(C)Cc2n[nH]c3c2CCCC3)c2ccsc2n1. The lowest BCUT2D eigenvalue weighted by Crippen LogP contribution is -2.20. The van der Waals surface area contributed by atoms with Crippen LogP contribution in [-0.2, 0) is 19.4 Å². The Kier molecular flexibility index (Phi) is 3.33. The van der Waals surface area contributed by atoms with Crippen molar-refractivity contribution >= 4 is 27.4 Å². The summed E-state index contributed by atoms with van der Waals surface area (Å²) in [5.74, 6) is 1.82. The van der Waals surface area contributed by atoms with E-state index in [-0.39, 0.29) is 0 Å². The van der Waals surface area contributed by atoms with Gasteiger partial charge in [-0.1, -0.05) is 0 Å². The van der Waals surface area contributed by atoms with Crippen LogP contribution in [0, 0.1) is 6.92 Å². The monoisotopic (exact) mass is 313 g/mol. The van der Waals surface area contributed by atoms with Crippen LogP contribution in [0.2, 0.25) is 0 Å². The van der Waals surface area contributed by atoms with Crippen LogP contribution in [0.15, 0.2) is 11.4 Å². The number of hydrogen-bond acceptors (Lipinski definition) is 5. The van der Waals surface area contributed by atoms with Gasteiger partial charge in [0.1, 0.15) is 16.5 Å². The van der Waals surface area contributed by atoms with Crippen LogP contribution in [0.4, 0.5) is 5.82 Å². The number of rotatable bonds is 3. The zero-order chi connectivity index (χ0) is 15.1. The van der Waals surface area contributed by atoms with E-state index < -0.39 is 0 Å². The first-order valence-corrected chi connectivity index (χ1v) is 8.58. The van der Waals surface area contributed by atoms with Crippen molar-refractivity contribution in [1.82, 2.24) is 20.2 Å². The summed E-state index contributed by atoms with van der Waals surface area (Å²) >= 11 is 1.66. The molecular formula is C16H19N5S. The quantitative estimate of drug-likeness (QED) is 0.806. The number of anilines is 1. The first-order valence-electron chi connectivity index (χ1n) is 7.70. The molecule has 22 heavy (non-hydrogen) atoms. The molecule has 1 aliphatic rings. The van der Waals surface area contributed by atoms with Gasteiger partial charge in [0.25, 0.3) is 0 Å². The van der Waals surface area contributed by atoms with Crippen LogP contribution < -0.4 is 4.90 Å². The summed E-state index contributed by atoms with van der Waals surface area (Å²) < 4.78 is 0. The van der Waals surface area contributed by atoms with E-state index in [1.54, 1.807) is 11.3 Å². The zero-order valence-electron chi connectivity index (χ0n) is 12.9. The predicted octanol–water partition coefficient (Wildman–Crippen LogP) is 3.24. The van der Waals surface area contributed by atoms with E-state index in [1.807, 2.05) is 6.92 Å². The molecule has 0 spiro atoms. The maximum atomic E-state index is 4.65. The molecule has 0 radical (unpaired) electrons. The van der Waals surface area contributed by atoms with Crippen molar-refractivity contribution in [2.45, 2.75) is 39.2 Å². The Labute approximate surface area is 133 Å². The van der Waals surface area contributed by atoms with E-state index >= 15 is 0 Å². The summed E-state index contributed by atoms with van der Waals surface area (Å²) in [7, 11) is 2.09. The van der Waals surface area contributed by atoms with Crippen molar-refractivity contribution in [2.24, 2.45) is 0 Å². The van der Waals surface area contributed by atoms with Crippen LogP contribution in [0.3, 0.4) is 0 Å². The molecule has 4 rings (SSSR count). The molecule has 0 amide bonds. The molecule has 3 aromatic rings. The summed E-state index contributed by atoms with van der Waals surface area (Å²) in [6, 6.07) is 2.10. The minimum absolute atomic E-state index is 0.785. The smallest absolute Gasteiger partial charge is 0.141 e. The van der Waals surface area contributed by atoms with Crippen LogP contribution >= 0.6 is 11.3 Å². The van der Waals surface area contributed by atoms with Crippen molar-refractivity contribution in [3.63, 3.8) is 0 Å². The molecule has 0 unspecified atom stereocenters. The highest BCUT2D eigenvalue weighted by molar-refractivity contribution is 7.16. The number of H-pyrrole nitrogens is 1. The molecule has 0 saturated carbocycles. The second-order valence-electron chi connectivity index (χ2n) is 5.92. The number of thiophene rings is 1. The molecule has 0 fully saturated rings. The number of hydrogen-bond donors (Lipinski definition) is 1. The minimum atomic E-state index is 0.785. The third-order valence-corrected chi connectivity index (χ3v) is 5.11. The zero-order valence-corrected chi connectivity index (χ0v) is 13.7. The average molecular weight is 313 g/mol. The number of nitrogens with one attached hydrogen (secondary N) is 1. The highest BCUT2D eigenvalue weighted by atomic mass is 32.1. The largest absolute Gasteiger partial charge is 0.353 e. The molecular weight excluding hydrogens is 294 g/mol. The molecule has 3 heterocycles. The van der Waals surface area contributed by atoms with Gasteiger partial charge in [-0.05, 0) is 49.6 Å². The Morgan fingerprint density at radius 1 is 1.27 bits per heavy atom. The maximum Gasteiger partial charge on any atom is 0.141 e. The van der Waals surface area contributed by atoms with Gasteiger partial charge in [-0.2, -0.15) is 5.10 Å². The fourth-order valence-corrected chi connectivity index (χ4v) is 4.02. The Morgan fingerprint density at radius 3 is 3.05 bits per heavy atom. The van der Waals surface area contributed by atoms with Gasteiger partial charge in [-0.25, -0.2) is 9.97 Å². The summed E-state index contributed by atoms with van der Waals surface area (Å²) in [5.41, 5.74) is 3.91. The molecule has 3 aromatic heterocycles. The van der Waals surface area contributed by atoms with Gasteiger partial charge < -0.3 is 4.90 Å². The Morgan fingerprint density at radius 2 is 2.14 bits per heavy atom. The number of nitrogens with zero attached hydrogens (tertiary/aromatic N) is 4. The molecule has 5 nitrogen and oxygen atoms in total. The van der Waals surface area contributed by atoms with E-state index in [1.165, 1.54) is 24.1 Å². The predicted molar refractivity (Wildman–Crippen MR) is 89.5 cm³/mol. The van der Waals surface area contributed by atoms with Crippen LogP contribution in [0.5, 0.6) is 0 Å². The number of aryl methyl sites for hydroxylation is 2. The normalized spacial score (nSPS) is 14.3. The molecule has 1 aliphatic carbocycles. The van der Waals surface area contributed by atoms with Crippen molar-refractivity contribution < 1.29 is 0 Å². The van der Waals surface area contributed by atoms with Crippen LogP contribution in [-0.4, -0.2) is 27.2 Å². The second kappa shape index (κ2) is 5.35. The standard InChI is InChI=1S/C16H19N5S/c1-10-17-15(12-7-8-22-16(12)18-10)21(2)9-14-11-5-3-4-6-13(11)19-20-14/h7-8H,3-6,9H2,1-2H3,(H,19,20). The lowest BCUT2D eigenvalue weighted by atomic mass is 9.96.